The minimum absolute atomic E-state index is 0.0364. The van der Waals surface area contributed by atoms with E-state index >= 15 is 0 Å². The molecule has 0 aliphatic carbocycles. The Morgan fingerprint density at radius 2 is 2.04 bits per heavy atom. The highest BCUT2D eigenvalue weighted by Gasteiger charge is 2.14. The molecule has 3 rings (SSSR count). The van der Waals surface area contributed by atoms with E-state index in [4.69, 9.17) is 14.6 Å². The molecule has 8 heteroatoms. The van der Waals surface area contributed by atoms with Gasteiger partial charge in [-0.15, -0.1) is 0 Å². The molecule has 1 aliphatic rings. The third kappa shape index (κ3) is 3.31. The molecule has 1 aromatic carbocycles. The van der Waals surface area contributed by atoms with E-state index < -0.39 is 11.9 Å². The summed E-state index contributed by atoms with van der Waals surface area (Å²) in [5, 5.41) is 17.4. The number of carbonyl (C=O) groups excluding carboxylic acids is 1. The highest BCUT2D eigenvalue weighted by molar-refractivity contribution is 6.05. The monoisotopic (exact) mass is 315 g/mol. The Kier molecular flexibility index (Phi) is 3.96. The molecular formula is C15H13N3O5. The van der Waals surface area contributed by atoms with Crippen molar-refractivity contribution in [2.45, 2.75) is 0 Å². The van der Waals surface area contributed by atoms with Crippen LogP contribution >= 0.6 is 0 Å². The summed E-state index contributed by atoms with van der Waals surface area (Å²) in [6.07, 6.45) is 4.00. The number of aromatic carboxylic acids is 1. The lowest BCUT2D eigenvalue weighted by Crippen LogP contribution is -2.15. The third-order valence-corrected chi connectivity index (χ3v) is 3.11. The van der Waals surface area contributed by atoms with E-state index in [2.05, 4.69) is 15.5 Å². The number of carboxylic acid groups (broad SMARTS) is 1. The van der Waals surface area contributed by atoms with E-state index in [1.54, 1.807) is 24.3 Å². The van der Waals surface area contributed by atoms with Crippen molar-refractivity contribution in [1.82, 2.24) is 10.2 Å². The molecular weight excluding hydrogens is 302 g/mol. The fourth-order valence-corrected chi connectivity index (χ4v) is 2.04. The first kappa shape index (κ1) is 14.6. The molecule has 0 spiro atoms. The molecule has 0 unspecified atom stereocenters. The van der Waals surface area contributed by atoms with Crippen molar-refractivity contribution in [2.24, 2.45) is 0 Å². The van der Waals surface area contributed by atoms with Gasteiger partial charge in [-0.2, -0.15) is 5.10 Å². The summed E-state index contributed by atoms with van der Waals surface area (Å²) in [5.41, 5.74) is 0.651. The van der Waals surface area contributed by atoms with E-state index in [1.165, 1.54) is 6.08 Å². The topological polar surface area (TPSA) is 114 Å². The second-order valence-electron chi connectivity index (χ2n) is 4.69. The number of fused-ring (bicyclic) bond motifs is 1. The lowest BCUT2D eigenvalue weighted by molar-refractivity contribution is -0.111. The average molecular weight is 315 g/mol. The largest absolute Gasteiger partial charge is 0.486 e. The summed E-state index contributed by atoms with van der Waals surface area (Å²) in [5.74, 6) is -0.326. The summed E-state index contributed by atoms with van der Waals surface area (Å²) >= 11 is 0. The first-order valence-electron chi connectivity index (χ1n) is 6.79. The maximum absolute atomic E-state index is 11.9. The Hall–Kier alpha value is -3.29. The highest BCUT2D eigenvalue weighted by atomic mass is 16.6. The smallest absolute Gasteiger partial charge is 0.341 e. The van der Waals surface area contributed by atoms with Crippen LogP contribution in [-0.2, 0) is 4.79 Å². The lowest BCUT2D eigenvalue weighted by Gasteiger charge is -2.18. The van der Waals surface area contributed by atoms with Crippen molar-refractivity contribution in [3.8, 4) is 11.5 Å². The van der Waals surface area contributed by atoms with Gasteiger partial charge in [-0.25, -0.2) is 4.79 Å². The van der Waals surface area contributed by atoms with Crippen molar-refractivity contribution in [3.63, 3.8) is 0 Å². The number of carboxylic acids is 1. The van der Waals surface area contributed by atoms with Gasteiger partial charge < -0.3 is 19.9 Å². The van der Waals surface area contributed by atoms with Crippen LogP contribution in [0.25, 0.3) is 6.08 Å². The van der Waals surface area contributed by atoms with Crippen molar-refractivity contribution in [1.29, 1.82) is 0 Å². The number of aromatic amines is 1. The van der Waals surface area contributed by atoms with Crippen LogP contribution in [0.5, 0.6) is 11.5 Å². The molecule has 0 saturated carbocycles. The Morgan fingerprint density at radius 3 is 2.83 bits per heavy atom. The fourth-order valence-electron chi connectivity index (χ4n) is 2.04. The molecule has 3 N–H and O–H groups in total. The van der Waals surface area contributed by atoms with Crippen LogP contribution < -0.4 is 14.8 Å². The summed E-state index contributed by atoms with van der Waals surface area (Å²) in [4.78, 5) is 22.8. The molecule has 1 aromatic heterocycles. The van der Waals surface area contributed by atoms with Crippen LogP contribution in [-0.4, -0.2) is 40.4 Å². The van der Waals surface area contributed by atoms with Crippen LogP contribution in [0.2, 0.25) is 0 Å². The maximum Gasteiger partial charge on any atom is 0.341 e. The zero-order valence-corrected chi connectivity index (χ0v) is 11.9. The van der Waals surface area contributed by atoms with Gasteiger partial charge in [0.05, 0.1) is 6.20 Å². The number of carbonyl (C=O) groups is 2. The van der Waals surface area contributed by atoms with Crippen molar-refractivity contribution < 1.29 is 24.2 Å². The molecule has 23 heavy (non-hydrogen) atoms. The van der Waals surface area contributed by atoms with E-state index in [0.29, 0.717) is 24.7 Å². The standard InChI is InChI=1S/C15H13N3O5/c19-13(17-14-10(15(20)21)8-16-18-14)4-2-9-1-3-11-12(7-9)23-6-5-22-11/h1-4,7-8H,5-6H2,(H,20,21)(H2,16,17,18,19). The van der Waals surface area contributed by atoms with E-state index in [-0.39, 0.29) is 11.4 Å². The SMILES string of the molecule is O=C(C=Cc1ccc2c(c1)OCCO2)Nc1[nH]ncc1C(=O)O. The first-order chi connectivity index (χ1) is 11.1. The summed E-state index contributed by atoms with van der Waals surface area (Å²) in [6, 6.07) is 5.32. The number of H-pyrrole nitrogens is 1. The number of amides is 1. The zero-order valence-electron chi connectivity index (χ0n) is 11.9. The number of rotatable bonds is 4. The Bertz CT molecular complexity index is 781. The highest BCUT2D eigenvalue weighted by Crippen LogP contribution is 2.31. The number of hydrogen-bond acceptors (Lipinski definition) is 5. The molecule has 8 nitrogen and oxygen atoms in total. The van der Waals surface area contributed by atoms with Gasteiger partial charge in [0.25, 0.3) is 0 Å². The number of nitrogens with zero attached hydrogens (tertiary/aromatic N) is 1. The first-order valence-corrected chi connectivity index (χ1v) is 6.79. The normalized spacial score (nSPS) is 13.0. The minimum Gasteiger partial charge on any atom is -0.486 e. The van der Waals surface area contributed by atoms with Gasteiger partial charge in [-0.3, -0.25) is 9.89 Å². The van der Waals surface area contributed by atoms with Gasteiger partial charge in [0.15, 0.2) is 11.5 Å². The minimum atomic E-state index is -1.18. The van der Waals surface area contributed by atoms with E-state index in [1.807, 2.05) is 0 Å². The number of aromatic nitrogens is 2. The molecule has 1 amide bonds. The van der Waals surface area contributed by atoms with Gasteiger partial charge >= 0.3 is 5.97 Å². The Morgan fingerprint density at radius 1 is 1.26 bits per heavy atom. The predicted octanol–water partition coefficient (Wildman–Crippen LogP) is 1.53. The second-order valence-corrected chi connectivity index (χ2v) is 4.69. The maximum atomic E-state index is 11.9. The fraction of sp³-hybridized carbons (Fsp3) is 0.133. The van der Waals surface area contributed by atoms with E-state index in [0.717, 1.165) is 11.8 Å². The molecule has 1 aliphatic heterocycles. The van der Waals surface area contributed by atoms with Gasteiger partial charge in [0.1, 0.15) is 24.6 Å². The van der Waals surface area contributed by atoms with Crippen LogP contribution in [0.15, 0.2) is 30.5 Å². The molecule has 0 fully saturated rings. The number of nitrogens with one attached hydrogen (secondary N) is 2. The quantitative estimate of drug-likeness (QED) is 0.737. The van der Waals surface area contributed by atoms with E-state index in [9.17, 15) is 9.59 Å². The number of anilines is 1. The molecule has 2 aromatic rings. The van der Waals surface area contributed by atoms with Crippen LogP contribution in [0, 0.1) is 0 Å². The van der Waals surface area contributed by atoms with Crippen LogP contribution in [0.1, 0.15) is 15.9 Å². The van der Waals surface area contributed by atoms with Gasteiger partial charge in [-0.1, -0.05) is 6.07 Å². The molecule has 0 bridgehead atoms. The van der Waals surface area contributed by atoms with Crippen LogP contribution in [0.3, 0.4) is 0 Å². The summed E-state index contributed by atoms with van der Waals surface area (Å²) < 4.78 is 10.9. The average Bonchev–Trinajstić information content (AvgIpc) is 3.01. The Labute approximate surface area is 130 Å². The van der Waals surface area contributed by atoms with Crippen LogP contribution in [0.4, 0.5) is 5.82 Å². The molecule has 118 valence electrons. The lowest BCUT2D eigenvalue weighted by atomic mass is 10.2. The Balaban J connectivity index is 1.69. The van der Waals surface area contributed by atoms with Gasteiger partial charge in [0.2, 0.25) is 5.91 Å². The second kappa shape index (κ2) is 6.22. The van der Waals surface area contributed by atoms with Crippen molar-refractivity contribution >= 4 is 23.8 Å². The predicted molar refractivity (Wildman–Crippen MR) is 80.6 cm³/mol. The number of benzene rings is 1. The third-order valence-electron chi connectivity index (χ3n) is 3.11. The zero-order chi connectivity index (χ0) is 16.2. The van der Waals surface area contributed by atoms with Gasteiger partial charge in [0, 0.05) is 6.08 Å². The summed E-state index contributed by atoms with van der Waals surface area (Å²) in [6.45, 7) is 0.999. The molecule has 0 atom stereocenters. The molecule has 0 saturated heterocycles. The van der Waals surface area contributed by atoms with Crippen molar-refractivity contribution in [2.75, 3.05) is 18.5 Å². The van der Waals surface area contributed by atoms with Gasteiger partial charge in [-0.05, 0) is 23.8 Å². The summed E-state index contributed by atoms with van der Waals surface area (Å²) in [7, 11) is 0. The molecule has 2 heterocycles. The van der Waals surface area contributed by atoms with Crippen molar-refractivity contribution in [3.05, 3.63) is 41.6 Å². The number of hydrogen-bond donors (Lipinski definition) is 3. The number of ether oxygens (including phenoxy) is 2. The molecule has 0 radical (unpaired) electrons.